The first-order chi connectivity index (χ1) is 3.84. The number of hydrogen-bond donors (Lipinski definition) is 2. The molecule has 4 heteroatoms. The standard InChI is InChI=1S/C5H8N2S.ClH/c1-4-5(2-8)7-3-6-4;/h3,8H,2H2,1H3,(H,6,7);1H. The molecule has 0 bridgehead atoms. The molecule has 0 aromatic carbocycles. The summed E-state index contributed by atoms with van der Waals surface area (Å²) in [6.07, 6.45) is 1.68. The van der Waals surface area contributed by atoms with Crippen LogP contribution in [0.5, 0.6) is 0 Å². The summed E-state index contributed by atoms with van der Waals surface area (Å²) in [7, 11) is 0. The highest BCUT2D eigenvalue weighted by Crippen LogP contribution is 2.01. The molecule has 0 spiro atoms. The maximum atomic E-state index is 4.07. The summed E-state index contributed by atoms with van der Waals surface area (Å²) in [5.41, 5.74) is 2.15. The largest absolute Gasteiger partial charge is 0.348 e. The number of hydrogen-bond acceptors (Lipinski definition) is 2. The second-order valence-corrected chi connectivity index (χ2v) is 1.94. The van der Waals surface area contributed by atoms with Gasteiger partial charge in [-0.1, -0.05) is 0 Å². The Morgan fingerprint density at radius 3 is 2.67 bits per heavy atom. The number of nitrogens with one attached hydrogen (secondary N) is 1. The van der Waals surface area contributed by atoms with E-state index >= 15 is 0 Å². The monoisotopic (exact) mass is 164 g/mol. The second kappa shape index (κ2) is 3.80. The fraction of sp³-hybridized carbons (Fsp3) is 0.400. The fourth-order valence-corrected chi connectivity index (χ4v) is 0.870. The van der Waals surface area contributed by atoms with Crippen LogP contribution in [0.4, 0.5) is 0 Å². The number of aromatic amines is 1. The predicted octanol–water partition coefficient (Wildman–Crippen LogP) is 1.57. The smallest absolute Gasteiger partial charge is 0.0925 e. The number of imidazole rings is 1. The molecule has 1 rings (SSSR count). The Labute approximate surface area is 65.9 Å². The van der Waals surface area contributed by atoms with E-state index in [2.05, 4.69) is 22.6 Å². The van der Waals surface area contributed by atoms with Crippen LogP contribution >= 0.6 is 25.0 Å². The third kappa shape index (κ3) is 1.91. The van der Waals surface area contributed by atoms with E-state index in [1.165, 1.54) is 0 Å². The van der Waals surface area contributed by atoms with Crippen LogP contribution in [0.1, 0.15) is 11.4 Å². The van der Waals surface area contributed by atoms with Crippen molar-refractivity contribution in [3.05, 3.63) is 17.7 Å². The number of aromatic nitrogens is 2. The van der Waals surface area contributed by atoms with E-state index in [-0.39, 0.29) is 12.4 Å². The fourth-order valence-electron chi connectivity index (χ4n) is 0.549. The van der Waals surface area contributed by atoms with Crippen molar-refractivity contribution in [2.45, 2.75) is 12.7 Å². The Hall–Kier alpha value is -0.150. The van der Waals surface area contributed by atoms with Crippen LogP contribution in [0, 0.1) is 6.92 Å². The minimum atomic E-state index is 0. The summed E-state index contributed by atoms with van der Waals surface area (Å²) in [6, 6.07) is 0. The number of aryl methyl sites for hydroxylation is 1. The third-order valence-electron chi connectivity index (χ3n) is 1.09. The lowest BCUT2D eigenvalue weighted by Gasteiger charge is -1.86. The van der Waals surface area contributed by atoms with Crippen molar-refractivity contribution in [3.8, 4) is 0 Å². The minimum absolute atomic E-state index is 0. The van der Waals surface area contributed by atoms with E-state index in [1.54, 1.807) is 6.33 Å². The topological polar surface area (TPSA) is 28.7 Å². The molecule has 0 aliphatic rings. The van der Waals surface area contributed by atoms with E-state index in [0.717, 1.165) is 17.1 Å². The van der Waals surface area contributed by atoms with Gasteiger partial charge in [0.05, 0.1) is 12.0 Å². The van der Waals surface area contributed by atoms with Crippen molar-refractivity contribution >= 4 is 25.0 Å². The van der Waals surface area contributed by atoms with Gasteiger partial charge in [-0.15, -0.1) is 12.4 Å². The number of H-pyrrole nitrogens is 1. The third-order valence-corrected chi connectivity index (χ3v) is 1.41. The molecular formula is C5H9ClN2S. The molecule has 0 radical (unpaired) electrons. The molecule has 1 aromatic heterocycles. The Morgan fingerprint density at radius 2 is 2.44 bits per heavy atom. The number of thiol groups is 1. The van der Waals surface area contributed by atoms with Crippen LogP contribution in [0.15, 0.2) is 6.33 Å². The van der Waals surface area contributed by atoms with Gasteiger partial charge in [0.25, 0.3) is 0 Å². The molecule has 0 amide bonds. The summed E-state index contributed by atoms with van der Waals surface area (Å²) in [5.74, 6) is 0.742. The quantitative estimate of drug-likeness (QED) is 0.607. The molecule has 1 heterocycles. The maximum Gasteiger partial charge on any atom is 0.0925 e. The first-order valence-electron chi connectivity index (χ1n) is 2.44. The zero-order valence-corrected chi connectivity index (χ0v) is 6.80. The van der Waals surface area contributed by atoms with E-state index in [1.807, 2.05) is 6.92 Å². The average molecular weight is 165 g/mol. The van der Waals surface area contributed by atoms with Gasteiger partial charge in [0.1, 0.15) is 0 Å². The molecule has 2 nitrogen and oxygen atoms in total. The first-order valence-corrected chi connectivity index (χ1v) is 3.07. The molecule has 0 unspecified atom stereocenters. The summed E-state index contributed by atoms with van der Waals surface area (Å²) in [6.45, 7) is 1.96. The van der Waals surface area contributed by atoms with Crippen molar-refractivity contribution < 1.29 is 0 Å². The second-order valence-electron chi connectivity index (χ2n) is 1.62. The van der Waals surface area contributed by atoms with Crippen LogP contribution in [0.25, 0.3) is 0 Å². The Morgan fingerprint density at radius 1 is 1.78 bits per heavy atom. The zero-order chi connectivity index (χ0) is 5.98. The van der Waals surface area contributed by atoms with Gasteiger partial charge in [-0.05, 0) is 6.92 Å². The molecule has 52 valence electrons. The van der Waals surface area contributed by atoms with Crippen molar-refractivity contribution in [2.24, 2.45) is 0 Å². The molecule has 0 fully saturated rings. The van der Waals surface area contributed by atoms with E-state index in [4.69, 9.17) is 0 Å². The van der Waals surface area contributed by atoms with Crippen molar-refractivity contribution in [1.82, 2.24) is 9.97 Å². The van der Waals surface area contributed by atoms with Crippen LogP contribution in [-0.4, -0.2) is 9.97 Å². The molecule has 1 aromatic rings. The summed E-state index contributed by atoms with van der Waals surface area (Å²) < 4.78 is 0. The van der Waals surface area contributed by atoms with Gasteiger partial charge >= 0.3 is 0 Å². The SMILES string of the molecule is Cc1nc[nH]c1CS.Cl. The number of rotatable bonds is 1. The van der Waals surface area contributed by atoms with E-state index < -0.39 is 0 Å². The van der Waals surface area contributed by atoms with Crippen molar-refractivity contribution in [1.29, 1.82) is 0 Å². The van der Waals surface area contributed by atoms with Gasteiger partial charge in [0.15, 0.2) is 0 Å². The zero-order valence-electron chi connectivity index (χ0n) is 5.09. The van der Waals surface area contributed by atoms with Crippen LogP contribution in [0.3, 0.4) is 0 Å². The molecule has 1 N–H and O–H groups in total. The van der Waals surface area contributed by atoms with Gasteiger partial charge in [-0.3, -0.25) is 0 Å². The highest BCUT2D eigenvalue weighted by molar-refractivity contribution is 7.79. The molecule has 0 aliphatic carbocycles. The Balaban J connectivity index is 0.000000640. The highest BCUT2D eigenvalue weighted by Gasteiger charge is 1.93. The highest BCUT2D eigenvalue weighted by atomic mass is 35.5. The molecule has 9 heavy (non-hydrogen) atoms. The average Bonchev–Trinajstić information content (AvgIpc) is 2.14. The van der Waals surface area contributed by atoms with Gasteiger partial charge in [0.2, 0.25) is 0 Å². The molecule has 0 atom stereocenters. The van der Waals surface area contributed by atoms with Crippen LogP contribution in [-0.2, 0) is 5.75 Å². The Kier molecular flexibility index (Phi) is 3.73. The van der Waals surface area contributed by atoms with Crippen molar-refractivity contribution in [3.63, 3.8) is 0 Å². The number of nitrogens with zero attached hydrogens (tertiary/aromatic N) is 1. The molecule has 0 aliphatic heterocycles. The predicted molar refractivity (Wildman–Crippen MR) is 43.3 cm³/mol. The summed E-state index contributed by atoms with van der Waals surface area (Å²) in [5, 5.41) is 0. The lowest BCUT2D eigenvalue weighted by Crippen LogP contribution is -1.79. The molecule has 0 saturated carbocycles. The first kappa shape index (κ1) is 8.85. The normalized spacial score (nSPS) is 8.67. The van der Waals surface area contributed by atoms with Crippen LogP contribution < -0.4 is 0 Å². The lowest BCUT2D eigenvalue weighted by molar-refractivity contribution is 1.20. The minimum Gasteiger partial charge on any atom is -0.348 e. The Bertz CT molecular complexity index is 175. The van der Waals surface area contributed by atoms with Gasteiger partial charge < -0.3 is 4.98 Å². The lowest BCUT2D eigenvalue weighted by atomic mass is 10.4. The van der Waals surface area contributed by atoms with E-state index in [0.29, 0.717) is 0 Å². The van der Waals surface area contributed by atoms with Crippen molar-refractivity contribution in [2.75, 3.05) is 0 Å². The van der Waals surface area contributed by atoms with Crippen LogP contribution in [0.2, 0.25) is 0 Å². The van der Waals surface area contributed by atoms with E-state index in [9.17, 15) is 0 Å². The molecule has 0 saturated heterocycles. The van der Waals surface area contributed by atoms with Gasteiger partial charge in [-0.2, -0.15) is 12.6 Å². The summed E-state index contributed by atoms with van der Waals surface area (Å²) in [4.78, 5) is 6.95. The summed E-state index contributed by atoms with van der Waals surface area (Å²) >= 11 is 4.07. The number of halogens is 1. The van der Waals surface area contributed by atoms with Gasteiger partial charge in [-0.25, -0.2) is 4.98 Å². The maximum absolute atomic E-state index is 4.07. The molecular weight excluding hydrogens is 156 g/mol. The van der Waals surface area contributed by atoms with Gasteiger partial charge in [0, 0.05) is 11.4 Å².